The Kier molecular flexibility index (Phi) is 16.9. The molecule has 3 saturated carbocycles. The van der Waals surface area contributed by atoms with Crippen molar-refractivity contribution in [3.63, 3.8) is 0 Å². The molecular weight excluding hydrogens is 965 g/mol. The maximum absolute atomic E-state index is 12.1. The minimum Gasteiger partial charge on any atom is -0.394 e. The number of allylic oxidation sites excluding steroid dienone is 1. The van der Waals surface area contributed by atoms with E-state index in [0.29, 0.717) is 43.4 Å². The van der Waals surface area contributed by atoms with E-state index in [4.69, 9.17) is 42.6 Å². The number of aliphatic hydroxyl groups excluding tert-OH is 12. The lowest BCUT2D eigenvalue weighted by Crippen LogP contribution is -2.66. The molecule has 5 aliphatic heterocycles. The molecule has 0 amide bonds. The molecule has 0 radical (unpaired) electrons. The summed E-state index contributed by atoms with van der Waals surface area (Å²) in [6.07, 6.45) is -20.5. The molecule has 8 fully saturated rings. The van der Waals surface area contributed by atoms with Crippen LogP contribution in [0.4, 0.5) is 0 Å². The van der Waals surface area contributed by atoms with Crippen molar-refractivity contribution < 1.29 is 109 Å². The minimum atomic E-state index is -1.75. The molecule has 31 atom stereocenters. The van der Waals surface area contributed by atoms with Gasteiger partial charge >= 0.3 is 0 Å². The zero-order valence-corrected chi connectivity index (χ0v) is 42.7. The van der Waals surface area contributed by atoms with Gasteiger partial charge in [0.25, 0.3) is 0 Å². The van der Waals surface area contributed by atoms with Crippen molar-refractivity contribution in [3.05, 3.63) is 11.6 Å². The van der Waals surface area contributed by atoms with Crippen molar-refractivity contribution in [1.29, 1.82) is 0 Å². The Hall–Kier alpha value is -1.14. The van der Waals surface area contributed by atoms with Gasteiger partial charge in [-0.05, 0) is 106 Å². The fourth-order valence-electron chi connectivity index (χ4n) is 14.9. The number of aliphatic hydroxyl groups is 13. The normalized spacial score (nSPS) is 55.5. The zero-order chi connectivity index (χ0) is 52.8. The average molecular weight is 1050 g/mol. The molecule has 4 aliphatic carbocycles. The lowest BCUT2D eigenvalue weighted by atomic mass is 9.47. The van der Waals surface area contributed by atoms with Gasteiger partial charge in [-0.3, -0.25) is 0 Å². The van der Waals surface area contributed by atoms with Gasteiger partial charge < -0.3 is 109 Å². The maximum Gasteiger partial charge on any atom is 0.187 e. The summed E-state index contributed by atoms with van der Waals surface area (Å²) in [6.45, 7) is 10.7. The second-order valence-corrected chi connectivity index (χ2v) is 23.8. The number of rotatable bonds is 14. The van der Waals surface area contributed by atoms with Gasteiger partial charge in [-0.25, -0.2) is 0 Å². The van der Waals surface area contributed by atoms with E-state index in [-0.39, 0.29) is 41.3 Å². The molecule has 5 saturated heterocycles. The van der Waals surface area contributed by atoms with Gasteiger partial charge in [-0.1, -0.05) is 39.3 Å². The summed E-state index contributed by atoms with van der Waals surface area (Å²) in [4.78, 5) is 0. The predicted octanol–water partition coefficient (Wildman–Crippen LogP) is -1.98. The molecule has 16 unspecified atom stereocenters. The van der Waals surface area contributed by atoms with Crippen molar-refractivity contribution in [2.75, 3.05) is 19.8 Å². The summed E-state index contributed by atoms with van der Waals surface area (Å²) in [7, 11) is 0. The molecule has 0 spiro atoms. The molecular formula is C51H84O22. The first-order valence-corrected chi connectivity index (χ1v) is 26.8. The van der Waals surface area contributed by atoms with Gasteiger partial charge in [-0.15, -0.1) is 0 Å². The fourth-order valence-corrected chi connectivity index (χ4v) is 14.9. The Labute approximate surface area is 426 Å². The second kappa shape index (κ2) is 21.8. The highest BCUT2D eigenvalue weighted by atomic mass is 16.8. The lowest BCUT2D eigenvalue weighted by Gasteiger charge is -2.58. The maximum atomic E-state index is 12.1. The molecule has 0 aromatic carbocycles. The van der Waals surface area contributed by atoms with Crippen molar-refractivity contribution in [2.24, 2.45) is 46.3 Å². The van der Waals surface area contributed by atoms with Gasteiger partial charge in [0.2, 0.25) is 0 Å². The molecule has 420 valence electrons. The first-order chi connectivity index (χ1) is 34.5. The van der Waals surface area contributed by atoms with Crippen LogP contribution in [0.2, 0.25) is 0 Å². The summed E-state index contributed by atoms with van der Waals surface area (Å²) in [5, 5.41) is 139. The second-order valence-electron chi connectivity index (χ2n) is 23.8. The highest BCUT2D eigenvalue weighted by Crippen LogP contribution is 2.70. The summed E-state index contributed by atoms with van der Waals surface area (Å²) in [6, 6.07) is 0. The number of hydrogen-bond acceptors (Lipinski definition) is 22. The third-order valence-corrected chi connectivity index (χ3v) is 19.5. The number of fused-ring (bicyclic) bond motifs is 7. The van der Waals surface area contributed by atoms with E-state index in [1.165, 1.54) is 19.4 Å². The van der Waals surface area contributed by atoms with Crippen LogP contribution >= 0.6 is 0 Å². The van der Waals surface area contributed by atoms with Crippen molar-refractivity contribution in [3.8, 4) is 0 Å². The SMILES string of the molecule is CC1O[C@@H](OC2C(O)[C@H](O[C@@H]3OC(C)[C@H](O)C(O)C3O)C(CO)O[C@H]2OC2CC[C@@]3(C)C(=CC[C@@H]4[C@@H]3CC[C@]3(C)C5C(C[C@@H]43)OC(O)(CC[C@@H](C)CO[C@@H]3OC(CO)[C@@H](O)C(O)C3O)[C@H]5C)C2)C(O)C(O)[C@H]1O. The lowest BCUT2D eigenvalue weighted by molar-refractivity contribution is -0.388. The third-order valence-electron chi connectivity index (χ3n) is 19.5. The van der Waals surface area contributed by atoms with E-state index < -0.39 is 148 Å². The van der Waals surface area contributed by atoms with Crippen LogP contribution in [0.5, 0.6) is 0 Å². The first kappa shape index (κ1) is 56.6. The molecule has 73 heavy (non-hydrogen) atoms. The van der Waals surface area contributed by atoms with Crippen LogP contribution < -0.4 is 0 Å². The van der Waals surface area contributed by atoms with Gasteiger partial charge in [0, 0.05) is 12.3 Å². The quantitative estimate of drug-likeness (QED) is 0.0839. The number of hydrogen-bond donors (Lipinski definition) is 13. The molecule has 22 nitrogen and oxygen atoms in total. The standard InChI is InChI=1S/C51H84O22/c1-20(19-65-45-39(60)38(59)35(56)30(17-52)69-45)9-14-51(64)21(2)32-29(73-51)16-28-26-8-7-24-15-25(10-12-49(24,5)27(26)11-13-50(28,32)6)68-48-44(72-47-41(62)37(58)34(55)23(4)67-47)42(63)43(31(18-53)70-48)71-46-40(61)36(57)33(54)22(3)66-46/h7,20-23,25-48,52-64H,8-19H2,1-6H3/t20-,21+,22?,23?,25?,26-,27+,28+,29?,30?,31?,32?,33+,34+,35-,36?,37?,38?,39?,40?,41?,42?,43-,44?,45-,46+,47+,48-,49+,50+,51?/m1/s1. The van der Waals surface area contributed by atoms with Crippen LogP contribution in [0.25, 0.3) is 0 Å². The molecule has 22 heteroatoms. The summed E-state index contributed by atoms with van der Waals surface area (Å²) < 4.78 is 54.6. The third kappa shape index (κ3) is 10.2. The van der Waals surface area contributed by atoms with E-state index in [1.807, 2.05) is 6.92 Å². The van der Waals surface area contributed by atoms with Gasteiger partial charge in [-0.2, -0.15) is 0 Å². The minimum absolute atomic E-state index is 0.0589. The Morgan fingerprint density at radius 1 is 0.644 bits per heavy atom. The van der Waals surface area contributed by atoms with E-state index in [9.17, 15) is 66.4 Å². The fraction of sp³-hybridized carbons (Fsp3) is 0.961. The van der Waals surface area contributed by atoms with Gasteiger partial charge in [0.05, 0.1) is 44.2 Å². The van der Waals surface area contributed by atoms with Crippen LogP contribution in [0.15, 0.2) is 11.6 Å². The highest BCUT2D eigenvalue weighted by Gasteiger charge is 2.68. The van der Waals surface area contributed by atoms with Crippen LogP contribution in [-0.4, -0.2) is 227 Å². The Morgan fingerprint density at radius 2 is 1.23 bits per heavy atom. The molecule has 13 N–H and O–H groups in total. The Bertz CT molecular complexity index is 1900. The average Bonchev–Trinajstić information content (AvgIpc) is 3.80. The van der Waals surface area contributed by atoms with Crippen LogP contribution in [0.1, 0.15) is 99.3 Å². The Balaban J connectivity index is 0.846. The highest BCUT2D eigenvalue weighted by molar-refractivity contribution is 5.26. The van der Waals surface area contributed by atoms with Crippen LogP contribution in [0.3, 0.4) is 0 Å². The van der Waals surface area contributed by atoms with Crippen molar-refractivity contribution in [1.82, 2.24) is 0 Å². The van der Waals surface area contributed by atoms with Crippen molar-refractivity contribution >= 4 is 0 Å². The first-order valence-electron chi connectivity index (χ1n) is 26.8. The van der Waals surface area contributed by atoms with Crippen molar-refractivity contribution in [2.45, 2.75) is 240 Å². The molecule has 9 rings (SSSR count). The Morgan fingerprint density at radius 3 is 1.86 bits per heavy atom. The van der Waals surface area contributed by atoms with Gasteiger partial charge in [0.15, 0.2) is 30.9 Å². The number of ether oxygens (including phenoxy) is 9. The van der Waals surface area contributed by atoms with E-state index >= 15 is 0 Å². The molecule has 9 aliphatic rings. The van der Waals surface area contributed by atoms with Gasteiger partial charge in [0.1, 0.15) is 85.5 Å². The monoisotopic (exact) mass is 1050 g/mol. The topological polar surface area (TPSA) is 346 Å². The van der Waals surface area contributed by atoms with E-state index in [1.54, 1.807) is 0 Å². The zero-order valence-electron chi connectivity index (χ0n) is 42.7. The summed E-state index contributed by atoms with van der Waals surface area (Å²) in [5.74, 6) is -0.232. The van der Waals surface area contributed by atoms with Crippen LogP contribution in [0, 0.1) is 46.3 Å². The van der Waals surface area contributed by atoms with E-state index in [0.717, 1.165) is 32.1 Å². The predicted molar refractivity (Wildman–Crippen MR) is 249 cm³/mol. The summed E-state index contributed by atoms with van der Waals surface area (Å²) in [5.41, 5.74) is 1.07. The molecule has 0 aromatic heterocycles. The smallest absolute Gasteiger partial charge is 0.187 e. The molecule has 0 aromatic rings. The molecule has 5 heterocycles. The largest absolute Gasteiger partial charge is 0.394 e. The summed E-state index contributed by atoms with van der Waals surface area (Å²) >= 11 is 0. The molecule has 0 bridgehead atoms. The van der Waals surface area contributed by atoms with E-state index in [2.05, 4.69) is 26.8 Å². The van der Waals surface area contributed by atoms with Crippen LogP contribution in [-0.2, 0) is 42.6 Å².